The minimum Gasteiger partial charge on any atom is -0.348 e. The van der Waals surface area contributed by atoms with Crippen molar-refractivity contribution in [3.05, 3.63) is 83.7 Å². The minimum atomic E-state index is -0.0310. The maximum Gasteiger partial charge on any atom is 0.251 e. The Bertz CT molecular complexity index is 1230. The largest absolute Gasteiger partial charge is 0.348 e. The lowest BCUT2D eigenvalue weighted by molar-refractivity contribution is 0.0901. The maximum atomic E-state index is 13.1. The van der Waals surface area contributed by atoms with E-state index in [1.807, 2.05) is 43.3 Å². The molecule has 2 aromatic carbocycles. The Morgan fingerprint density at radius 3 is 2.88 bits per heavy atom. The first-order chi connectivity index (χ1) is 15.7. The van der Waals surface area contributed by atoms with Crippen LogP contribution in [0.2, 0.25) is 0 Å². The Morgan fingerprint density at radius 2 is 2.03 bits per heavy atom. The SMILES string of the molecule is Cc1cc(-c2n[nH]c3ccc(C(=O)NC4CCCN(Cc5ccccc5)C4)cc23)ccn1. The lowest BCUT2D eigenvalue weighted by Gasteiger charge is -2.33. The van der Waals surface area contributed by atoms with Gasteiger partial charge in [-0.3, -0.25) is 19.8 Å². The molecule has 1 saturated heterocycles. The zero-order chi connectivity index (χ0) is 21.9. The summed E-state index contributed by atoms with van der Waals surface area (Å²) < 4.78 is 0. The molecule has 4 aromatic rings. The molecule has 2 aromatic heterocycles. The van der Waals surface area contributed by atoms with Crippen LogP contribution in [0.3, 0.4) is 0 Å². The first-order valence-corrected chi connectivity index (χ1v) is 11.1. The van der Waals surface area contributed by atoms with Crippen LogP contribution in [0.1, 0.15) is 34.5 Å². The van der Waals surface area contributed by atoms with Gasteiger partial charge in [-0.2, -0.15) is 5.10 Å². The molecule has 1 atom stereocenters. The van der Waals surface area contributed by atoms with Crippen molar-refractivity contribution in [2.24, 2.45) is 0 Å². The molecular formula is C26H27N5O. The van der Waals surface area contributed by atoms with Crippen LogP contribution < -0.4 is 5.32 Å². The molecule has 1 fully saturated rings. The maximum absolute atomic E-state index is 13.1. The van der Waals surface area contributed by atoms with Crippen LogP contribution in [0.25, 0.3) is 22.2 Å². The van der Waals surface area contributed by atoms with Gasteiger partial charge in [0.1, 0.15) is 5.69 Å². The zero-order valence-electron chi connectivity index (χ0n) is 18.2. The van der Waals surface area contributed by atoms with Crippen LogP contribution in [-0.4, -0.2) is 45.1 Å². The van der Waals surface area contributed by atoms with Gasteiger partial charge in [0, 0.05) is 47.5 Å². The molecule has 1 unspecified atom stereocenters. The first kappa shape index (κ1) is 20.4. The van der Waals surface area contributed by atoms with E-state index < -0.39 is 0 Å². The second-order valence-corrected chi connectivity index (χ2v) is 8.55. The summed E-state index contributed by atoms with van der Waals surface area (Å²) in [6.07, 6.45) is 3.88. The fourth-order valence-corrected chi connectivity index (χ4v) is 4.50. The molecule has 162 valence electrons. The van der Waals surface area contributed by atoms with Gasteiger partial charge in [0.2, 0.25) is 0 Å². The van der Waals surface area contributed by atoms with Crippen LogP contribution in [-0.2, 0) is 6.54 Å². The summed E-state index contributed by atoms with van der Waals surface area (Å²) in [5.74, 6) is -0.0310. The van der Waals surface area contributed by atoms with E-state index in [1.54, 1.807) is 6.20 Å². The molecule has 2 N–H and O–H groups in total. The molecule has 3 heterocycles. The van der Waals surface area contributed by atoms with Crippen LogP contribution in [0.5, 0.6) is 0 Å². The van der Waals surface area contributed by atoms with E-state index in [9.17, 15) is 4.79 Å². The summed E-state index contributed by atoms with van der Waals surface area (Å²) in [6, 6.07) is 20.3. The molecule has 1 aliphatic heterocycles. The number of pyridine rings is 1. The number of aryl methyl sites for hydroxylation is 1. The minimum absolute atomic E-state index is 0.0310. The number of hydrogen-bond acceptors (Lipinski definition) is 4. The van der Waals surface area contributed by atoms with Crippen molar-refractivity contribution in [3.8, 4) is 11.3 Å². The fraction of sp³-hybridized carbons (Fsp3) is 0.269. The second-order valence-electron chi connectivity index (χ2n) is 8.55. The number of piperidine rings is 1. The second kappa shape index (κ2) is 8.93. The number of carbonyl (C=O) groups is 1. The van der Waals surface area contributed by atoms with Crippen LogP contribution in [0.15, 0.2) is 66.9 Å². The number of amides is 1. The summed E-state index contributed by atoms with van der Waals surface area (Å²) in [6.45, 7) is 4.82. The highest BCUT2D eigenvalue weighted by atomic mass is 16.1. The Hall–Kier alpha value is -3.51. The molecule has 6 nitrogen and oxygen atoms in total. The summed E-state index contributed by atoms with van der Waals surface area (Å²) >= 11 is 0. The number of likely N-dealkylation sites (tertiary alicyclic amines) is 1. The Kier molecular flexibility index (Phi) is 5.69. The van der Waals surface area contributed by atoms with E-state index in [0.717, 1.165) is 60.3 Å². The molecule has 5 rings (SSSR count). The molecule has 0 aliphatic carbocycles. The number of aromatic amines is 1. The third kappa shape index (κ3) is 4.41. The van der Waals surface area contributed by atoms with Gasteiger partial charge in [0.15, 0.2) is 0 Å². The lowest BCUT2D eigenvalue weighted by atomic mass is 10.0. The summed E-state index contributed by atoms with van der Waals surface area (Å²) in [5.41, 5.74) is 5.65. The quantitative estimate of drug-likeness (QED) is 0.499. The number of aromatic nitrogens is 3. The molecule has 6 heteroatoms. The number of nitrogens with zero attached hydrogens (tertiary/aromatic N) is 3. The molecule has 0 spiro atoms. The molecular weight excluding hydrogens is 398 g/mol. The highest BCUT2D eigenvalue weighted by Crippen LogP contribution is 2.27. The summed E-state index contributed by atoms with van der Waals surface area (Å²) in [4.78, 5) is 19.8. The smallest absolute Gasteiger partial charge is 0.251 e. The highest BCUT2D eigenvalue weighted by Gasteiger charge is 2.22. The number of benzene rings is 2. The number of fused-ring (bicyclic) bond motifs is 1. The molecule has 1 amide bonds. The molecule has 32 heavy (non-hydrogen) atoms. The van der Waals surface area contributed by atoms with Crippen molar-refractivity contribution in [1.29, 1.82) is 0 Å². The lowest BCUT2D eigenvalue weighted by Crippen LogP contribution is -2.47. The van der Waals surface area contributed by atoms with Gasteiger partial charge >= 0.3 is 0 Å². The van der Waals surface area contributed by atoms with E-state index >= 15 is 0 Å². The topological polar surface area (TPSA) is 73.9 Å². The average molecular weight is 426 g/mol. The van der Waals surface area contributed by atoms with Gasteiger partial charge in [-0.15, -0.1) is 0 Å². The third-order valence-electron chi connectivity index (χ3n) is 6.08. The van der Waals surface area contributed by atoms with Gasteiger partial charge < -0.3 is 5.32 Å². The molecule has 0 saturated carbocycles. The van der Waals surface area contributed by atoms with Crippen molar-refractivity contribution >= 4 is 16.8 Å². The van der Waals surface area contributed by atoms with Crippen LogP contribution >= 0.6 is 0 Å². The zero-order valence-corrected chi connectivity index (χ0v) is 18.2. The van der Waals surface area contributed by atoms with Gasteiger partial charge in [-0.25, -0.2) is 0 Å². The van der Waals surface area contributed by atoms with Crippen molar-refractivity contribution in [2.45, 2.75) is 32.4 Å². The van der Waals surface area contributed by atoms with E-state index in [-0.39, 0.29) is 11.9 Å². The Balaban J connectivity index is 1.31. The number of hydrogen-bond donors (Lipinski definition) is 2. The van der Waals surface area contributed by atoms with E-state index in [0.29, 0.717) is 5.56 Å². The van der Waals surface area contributed by atoms with E-state index in [4.69, 9.17) is 0 Å². The fourth-order valence-electron chi connectivity index (χ4n) is 4.50. The van der Waals surface area contributed by atoms with Crippen molar-refractivity contribution < 1.29 is 4.79 Å². The van der Waals surface area contributed by atoms with Gasteiger partial charge in [0.25, 0.3) is 5.91 Å². The van der Waals surface area contributed by atoms with Gasteiger partial charge in [-0.05, 0) is 62.2 Å². The third-order valence-corrected chi connectivity index (χ3v) is 6.08. The van der Waals surface area contributed by atoms with Gasteiger partial charge in [0.05, 0.1) is 5.52 Å². The first-order valence-electron chi connectivity index (χ1n) is 11.1. The molecule has 0 bridgehead atoms. The number of rotatable bonds is 5. The monoisotopic (exact) mass is 425 g/mol. The van der Waals surface area contributed by atoms with E-state index in [1.165, 1.54) is 5.56 Å². The molecule has 0 radical (unpaired) electrons. The average Bonchev–Trinajstić information content (AvgIpc) is 3.23. The van der Waals surface area contributed by atoms with Crippen molar-refractivity contribution in [1.82, 2.24) is 25.4 Å². The Morgan fingerprint density at radius 1 is 1.16 bits per heavy atom. The number of nitrogens with one attached hydrogen (secondary N) is 2. The van der Waals surface area contributed by atoms with Crippen molar-refractivity contribution in [2.75, 3.05) is 13.1 Å². The predicted octanol–water partition coefficient (Wildman–Crippen LogP) is 4.33. The van der Waals surface area contributed by atoms with Crippen LogP contribution in [0, 0.1) is 6.92 Å². The Labute approximate surface area is 187 Å². The summed E-state index contributed by atoms with van der Waals surface area (Å²) in [7, 11) is 0. The highest BCUT2D eigenvalue weighted by molar-refractivity contribution is 6.01. The van der Waals surface area contributed by atoms with Crippen LogP contribution in [0.4, 0.5) is 0 Å². The summed E-state index contributed by atoms with van der Waals surface area (Å²) in [5, 5.41) is 11.8. The van der Waals surface area contributed by atoms with E-state index in [2.05, 4.69) is 49.7 Å². The van der Waals surface area contributed by atoms with Crippen molar-refractivity contribution in [3.63, 3.8) is 0 Å². The predicted molar refractivity (Wildman–Crippen MR) is 126 cm³/mol. The number of carbonyl (C=O) groups excluding carboxylic acids is 1. The standard InChI is InChI=1S/C26H27N5O/c1-18-14-20(11-12-27-18)25-23-15-21(9-10-24(23)29-30-25)26(32)28-22-8-5-13-31(17-22)16-19-6-3-2-4-7-19/h2-4,6-7,9-12,14-15,22H,5,8,13,16-17H2,1H3,(H,28,32)(H,29,30). The number of H-pyrrole nitrogens is 1. The molecule has 1 aliphatic rings. The van der Waals surface area contributed by atoms with Gasteiger partial charge in [-0.1, -0.05) is 30.3 Å². The normalized spacial score (nSPS) is 16.8.